The molecule has 82 valence electrons. The summed E-state index contributed by atoms with van der Waals surface area (Å²) in [7, 11) is 0. The second-order valence-electron chi connectivity index (χ2n) is 3.97. The van der Waals surface area contributed by atoms with Gasteiger partial charge in [0.15, 0.2) is 0 Å². The first-order chi connectivity index (χ1) is 7.22. The van der Waals surface area contributed by atoms with Gasteiger partial charge in [0.1, 0.15) is 0 Å². The fraction of sp³-hybridized carbons (Fsp3) is 0.429. The van der Waals surface area contributed by atoms with Crippen LogP contribution in [0.2, 0.25) is 0 Å². The van der Waals surface area contributed by atoms with Crippen LogP contribution in [0, 0.1) is 6.92 Å². The average Bonchev–Trinajstić information content (AvgIpc) is 2.21. The molecule has 0 heterocycles. The van der Waals surface area contributed by atoms with Crippen LogP contribution in [0.25, 0.3) is 0 Å². The SMILES string of the molecule is CC=CC(O)CCCc1ccc(C)cc1. The van der Waals surface area contributed by atoms with E-state index in [0.29, 0.717) is 0 Å². The van der Waals surface area contributed by atoms with Crippen molar-refractivity contribution in [2.75, 3.05) is 0 Å². The minimum atomic E-state index is -0.277. The molecule has 0 amide bonds. The molecular formula is C14H20O. The van der Waals surface area contributed by atoms with Gasteiger partial charge in [0.2, 0.25) is 0 Å². The summed E-state index contributed by atoms with van der Waals surface area (Å²) in [6, 6.07) is 8.60. The number of hydrogen-bond donors (Lipinski definition) is 1. The van der Waals surface area contributed by atoms with E-state index in [4.69, 9.17) is 0 Å². The summed E-state index contributed by atoms with van der Waals surface area (Å²) in [4.78, 5) is 0. The van der Waals surface area contributed by atoms with Crippen molar-refractivity contribution in [3.63, 3.8) is 0 Å². The molecule has 0 aliphatic rings. The molecule has 0 fully saturated rings. The Hall–Kier alpha value is -1.08. The van der Waals surface area contributed by atoms with E-state index in [1.54, 1.807) is 0 Å². The number of aryl methyl sites for hydroxylation is 2. The third-order valence-corrected chi connectivity index (χ3v) is 2.50. The Bertz CT molecular complexity index is 298. The number of benzene rings is 1. The summed E-state index contributed by atoms with van der Waals surface area (Å²) >= 11 is 0. The molecule has 1 nitrogen and oxygen atoms in total. The molecule has 0 aliphatic carbocycles. The van der Waals surface area contributed by atoms with E-state index in [0.717, 1.165) is 19.3 Å². The van der Waals surface area contributed by atoms with Crippen LogP contribution in [-0.2, 0) is 6.42 Å². The largest absolute Gasteiger partial charge is 0.389 e. The van der Waals surface area contributed by atoms with Crippen LogP contribution in [0.3, 0.4) is 0 Å². The summed E-state index contributed by atoms with van der Waals surface area (Å²) in [5.41, 5.74) is 2.65. The minimum absolute atomic E-state index is 0.277. The Labute approximate surface area is 92.5 Å². The fourth-order valence-electron chi connectivity index (χ4n) is 1.59. The maximum atomic E-state index is 9.48. The summed E-state index contributed by atoms with van der Waals surface area (Å²) in [6.07, 6.45) is 6.40. The van der Waals surface area contributed by atoms with Crippen LogP contribution in [0.15, 0.2) is 36.4 Å². The molecule has 0 bridgehead atoms. The van der Waals surface area contributed by atoms with E-state index >= 15 is 0 Å². The van der Waals surface area contributed by atoms with Crippen LogP contribution in [-0.4, -0.2) is 11.2 Å². The second kappa shape index (κ2) is 6.41. The Morgan fingerprint density at radius 3 is 2.53 bits per heavy atom. The van der Waals surface area contributed by atoms with Crippen molar-refractivity contribution in [3.8, 4) is 0 Å². The topological polar surface area (TPSA) is 20.2 Å². The minimum Gasteiger partial charge on any atom is -0.389 e. The predicted octanol–water partition coefficient (Wildman–Crippen LogP) is 3.25. The predicted molar refractivity (Wildman–Crippen MR) is 64.9 cm³/mol. The van der Waals surface area contributed by atoms with Crippen LogP contribution in [0.5, 0.6) is 0 Å². The maximum absolute atomic E-state index is 9.48. The number of allylic oxidation sites excluding steroid dienone is 1. The quantitative estimate of drug-likeness (QED) is 0.730. The van der Waals surface area contributed by atoms with Crippen molar-refractivity contribution < 1.29 is 5.11 Å². The Kier molecular flexibility index (Phi) is 5.13. The Morgan fingerprint density at radius 2 is 1.93 bits per heavy atom. The standard InChI is InChI=1S/C14H20O/c1-3-5-14(15)7-4-6-13-10-8-12(2)9-11-13/h3,5,8-11,14-15H,4,6-7H2,1-2H3. The van der Waals surface area contributed by atoms with Crippen molar-refractivity contribution in [1.29, 1.82) is 0 Å². The fourth-order valence-corrected chi connectivity index (χ4v) is 1.59. The van der Waals surface area contributed by atoms with Crippen LogP contribution in [0.1, 0.15) is 30.9 Å². The zero-order chi connectivity index (χ0) is 11.1. The summed E-state index contributed by atoms with van der Waals surface area (Å²) < 4.78 is 0. The molecule has 0 saturated carbocycles. The zero-order valence-corrected chi connectivity index (χ0v) is 9.61. The highest BCUT2D eigenvalue weighted by Crippen LogP contribution is 2.08. The monoisotopic (exact) mass is 204 g/mol. The van der Waals surface area contributed by atoms with Gasteiger partial charge >= 0.3 is 0 Å². The third-order valence-electron chi connectivity index (χ3n) is 2.50. The highest BCUT2D eigenvalue weighted by atomic mass is 16.3. The molecule has 1 aromatic rings. The molecule has 1 N–H and O–H groups in total. The Balaban J connectivity index is 2.28. The van der Waals surface area contributed by atoms with Gasteiger partial charge in [0.25, 0.3) is 0 Å². The van der Waals surface area contributed by atoms with Gasteiger partial charge < -0.3 is 5.11 Å². The van der Waals surface area contributed by atoms with E-state index < -0.39 is 0 Å². The van der Waals surface area contributed by atoms with Gasteiger partial charge in [-0.15, -0.1) is 0 Å². The van der Waals surface area contributed by atoms with Gasteiger partial charge in [-0.3, -0.25) is 0 Å². The number of aliphatic hydroxyl groups excluding tert-OH is 1. The summed E-state index contributed by atoms with van der Waals surface area (Å²) in [6.45, 7) is 4.03. The van der Waals surface area contributed by atoms with Crippen molar-refractivity contribution in [2.24, 2.45) is 0 Å². The molecule has 0 aromatic heterocycles. The number of aliphatic hydroxyl groups is 1. The first-order valence-electron chi connectivity index (χ1n) is 5.59. The lowest BCUT2D eigenvalue weighted by Crippen LogP contribution is -2.02. The number of hydrogen-bond acceptors (Lipinski definition) is 1. The van der Waals surface area contributed by atoms with Crippen molar-refractivity contribution in [1.82, 2.24) is 0 Å². The van der Waals surface area contributed by atoms with E-state index in [2.05, 4.69) is 31.2 Å². The molecule has 1 heteroatoms. The van der Waals surface area contributed by atoms with Gasteiger partial charge in [0, 0.05) is 0 Å². The van der Waals surface area contributed by atoms with E-state index in [-0.39, 0.29) is 6.10 Å². The number of rotatable bonds is 5. The van der Waals surface area contributed by atoms with Gasteiger partial charge in [-0.1, -0.05) is 42.0 Å². The van der Waals surface area contributed by atoms with Crippen molar-refractivity contribution >= 4 is 0 Å². The molecule has 15 heavy (non-hydrogen) atoms. The van der Waals surface area contributed by atoms with E-state index in [1.807, 2.05) is 19.1 Å². The van der Waals surface area contributed by atoms with Gasteiger partial charge in [-0.2, -0.15) is 0 Å². The maximum Gasteiger partial charge on any atom is 0.0720 e. The van der Waals surface area contributed by atoms with Gasteiger partial charge in [-0.05, 0) is 38.7 Å². The summed E-state index contributed by atoms with van der Waals surface area (Å²) in [5, 5.41) is 9.48. The molecular weight excluding hydrogens is 184 g/mol. The highest BCUT2D eigenvalue weighted by Gasteiger charge is 1.99. The van der Waals surface area contributed by atoms with Crippen LogP contribution < -0.4 is 0 Å². The van der Waals surface area contributed by atoms with Gasteiger partial charge in [0.05, 0.1) is 6.10 Å². The molecule has 0 aliphatic heterocycles. The summed E-state index contributed by atoms with van der Waals surface area (Å²) in [5.74, 6) is 0. The van der Waals surface area contributed by atoms with Crippen molar-refractivity contribution in [3.05, 3.63) is 47.5 Å². The molecule has 0 saturated heterocycles. The molecule has 0 radical (unpaired) electrons. The third kappa shape index (κ3) is 4.80. The first kappa shape index (κ1) is 12.0. The molecule has 1 rings (SSSR count). The smallest absolute Gasteiger partial charge is 0.0720 e. The van der Waals surface area contributed by atoms with Gasteiger partial charge in [-0.25, -0.2) is 0 Å². The lowest BCUT2D eigenvalue weighted by atomic mass is 10.0. The average molecular weight is 204 g/mol. The lowest BCUT2D eigenvalue weighted by molar-refractivity contribution is 0.209. The lowest BCUT2D eigenvalue weighted by Gasteiger charge is -2.05. The molecule has 1 unspecified atom stereocenters. The first-order valence-corrected chi connectivity index (χ1v) is 5.59. The van der Waals surface area contributed by atoms with E-state index in [9.17, 15) is 5.11 Å². The molecule has 1 atom stereocenters. The van der Waals surface area contributed by atoms with Crippen LogP contribution in [0.4, 0.5) is 0 Å². The van der Waals surface area contributed by atoms with E-state index in [1.165, 1.54) is 11.1 Å². The molecule has 1 aromatic carbocycles. The highest BCUT2D eigenvalue weighted by molar-refractivity contribution is 5.21. The normalized spacial score (nSPS) is 13.3. The molecule has 0 spiro atoms. The van der Waals surface area contributed by atoms with Crippen molar-refractivity contribution in [2.45, 2.75) is 39.2 Å². The Morgan fingerprint density at radius 1 is 1.27 bits per heavy atom. The zero-order valence-electron chi connectivity index (χ0n) is 9.61. The van der Waals surface area contributed by atoms with Crippen LogP contribution >= 0.6 is 0 Å². The second-order valence-corrected chi connectivity index (χ2v) is 3.97.